The minimum atomic E-state index is -0.461. The van der Waals surface area contributed by atoms with Gasteiger partial charge in [0.2, 0.25) is 0 Å². The molecule has 0 amide bonds. The molecule has 2 N–H and O–H groups in total. The second-order valence-electron chi connectivity index (χ2n) is 4.92. The maximum absolute atomic E-state index is 10.9. The number of nitro groups is 1. The van der Waals surface area contributed by atoms with E-state index in [2.05, 4.69) is 4.90 Å². The van der Waals surface area contributed by atoms with Crippen molar-refractivity contribution in [2.24, 2.45) is 0 Å². The molecule has 0 radical (unpaired) electrons. The van der Waals surface area contributed by atoms with Crippen molar-refractivity contribution < 1.29 is 14.4 Å². The fourth-order valence-electron chi connectivity index (χ4n) is 2.09. The van der Waals surface area contributed by atoms with Gasteiger partial charge in [0.25, 0.3) is 5.69 Å². The van der Waals surface area contributed by atoms with Crippen LogP contribution in [0.4, 0.5) is 11.4 Å². The fraction of sp³-hybridized carbons (Fsp3) is 0.571. The van der Waals surface area contributed by atoms with Gasteiger partial charge >= 0.3 is 0 Å². The van der Waals surface area contributed by atoms with Gasteiger partial charge in [0.05, 0.1) is 18.1 Å². The minimum Gasteiger partial charge on any atom is -0.393 e. The molecule has 0 bridgehead atoms. The zero-order chi connectivity index (χ0) is 15.8. The van der Waals surface area contributed by atoms with E-state index < -0.39 is 4.92 Å². The molecule has 0 aliphatic heterocycles. The first-order valence-corrected chi connectivity index (χ1v) is 6.74. The van der Waals surface area contributed by atoms with E-state index in [0.717, 1.165) is 12.1 Å². The quantitative estimate of drug-likeness (QED) is 0.423. The first kappa shape index (κ1) is 17.4. The Labute approximate surface area is 124 Å². The topological polar surface area (TPSA) is 90.9 Å². The van der Waals surface area contributed by atoms with Crippen molar-refractivity contribution in [3.63, 3.8) is 0 Å². The second kappa shape index (κ2) is 8.56. The van der Waals surface area contributed by atoms with Crippen LogP contribution in [-0.4, -0.2) is 49.8 Å². The molecule has 0 fully saturated rings. The molecule has 21 heavy (non-hydrogen) atoms. The van der Waals surface area contributed by atoms with Crippen LogP contribution >= 0.6 is 0 Å². The van der Waals surface area contributed by atoms with E-state index in [4.69, 9.17) is 15.2 Å². The van der Waals surface area contributed by atoms with Crippen molar-refractivity contribution in [3.05, 3.63) is 33.9 Å². The standard InChI is InChI=1S/C14H23N3O4/c1-11(10-21-3)16(6-7-20-2)9-12-4-5-13(15)14(8-12)17(18)19/h4-5,8,11H,6-7,9-10,15H2,1-3H3. The average Bonchev–Trinajstić information content (AvgIpc) is 2.45. The highest BCUT2D eigenvalue weighted by Crippen LogP contribution is 2.23. The SMILES string of the molecule is COCCN(Cc1ccc(N)c([N+](=O)[O-])c1)C(C)COC. The van der Waals surface area contributed by atoms with E-state index in [-0.39, 0.29) is 17.4 Å². The molecule has 7 nitrogen and oxygen atoms in total. The third-order valence-corrected chi connectivity index (χ3v) is 3.29. The first-order valence-electron chi connectivity index (χ1n) is 6.74. The monoisotopic (exact) mass is 297 g/mol. The zero-order valence-corrected chi connectivity index (χ0v) is 12.7. The van der Waals surface area contributed by atoms with E-state index in [1.54, 1.807) is 20.3 Å². The van der Waals surface area contributed by atoms with Gasteiger partial charge in [-0.15, -0.1) is 0 Å². The number of anilines is 1. The first-order chi connectivity index (χ1) is 9.99. The zero-order valence-electron chi connectivity index (χ0n) is 12.7. The molecule has 0 heterocycles. The van der Waals surface area contributed by atoms with E-state index >= 15 is 0 Å². The van der Waals surface area contributed by atoms with Crippen molar-refractivity contribution in [2.75, 3.05) is 39.7 Å². The van der Waals surface area contributed by atoms with Gasteiger partial charge in [-0.2, -0.15) is 0 Å². The van der Waals surface area contributed by atoms with Crippen LogP contribution in [0.5, 0.6) is 0 Å². The van der Waals surface area contributed by atoms with Crippen LogP contribution in [-0.2, 0) is 16.0 Å². The Morgan fingerprint density at radius 3 is 2.67 bits per heavy atom. The summed E-state index contributed by atoms with van der Waals surface area (Å²) in [4.78, 5) is 12.6. The van der Waals surface area contributed by atoms with Crippen LogP contribution in [0, 0.1) is 10.1 Å². The molecule has 1 aromatic carbocycles. The van der Waals surface area contributed by atoms with Crippen LogP contribution in [0.25, 0.3) is 0 Å². The van der Waals surface area contributed by atoms with Crippen LogP contribution < -0.4 is 5.73 Å². The minimum absolute atomic E-state index is 0.0569. The Balaban J connectivity index is 2.86. The third-order valence-electron chi connectivity index (χ3n) is 3.29. The molecule has 0 aliphatic rings. The Hall–Kier alpha value is -1.70. The van der Waals surface area contributed by atoms with E-state index in [0.29, 0.717) is 19.8 Å². The van der Waals surface area contributed by atoms with Gasteiger partial charge < -0.3 is 15.2 Å². The van der Waals surface area contributed by atoms with Gasteiger partial charge in [-0.1, -0.05) is 6.07 Å². The van der Waals surface area contributed by atoms with Crippen LogP contribution in [0.2, 0.25) is 0 Å². The smallest absolute Gasteiger partial charge is 0.292 e. The maximum Gasteiger partial charge on any atom is 0.292 e. The van der Waals surface area contributed by atoms with Gasteiger partial charge in [-0.05, 0) is 18.6 Å². The fourth-order valence-corrected chi connectivity index (χ4v) is 2.09. The van der Waals surface area contributed by atoms with Gasteiger partial charge in [-0.3, -0.25) is 15.0 Å². The summed E-state index contributed by atoms with van der Waals surface area (Å²) >= 11 is 0. The Morgan fingerprint density at radius 1 is 1.38 bits per heavy atom. The summed E-state index contributed by atoms with van der Waals surface area (Å²) in [7, 11) is 3.30. The third kappa shape index (κ3) is 5.30. The Kier molecular flexibility index (Phi) is 7.07. The molecule has 1 unspecified atom stereocenters. The van der Waals surface area contributed by atoms with Gasteiger partial charge in [0.1, 0.15) is 5.69 Å². The number of ether oxygens (including phenoxy) is 2. The molecule has 1 aromatic rings. The van der Waals surface area contributed by atoms with Crippen LogP contribution in [0.1, 0.15) is 12.5 Å². The highest BCUT2D eigenvalue weighted by Gasteiger charge is 2.17. The molecule has 0 aromatic heterocycles. The molecule has 1 rings (SSSR count). The molecule has 0 aliphatic carbocycles. The lowest BCUT2D eigenvalue weighted by molar-refractivity contribution is -0.384. The Bertz CT molecular complexity index is 468. The highest BCUT2D eigenvalue weighted by molar-refractivity contribution is 5.59. The number of rotatable bonds is 9. The second-order valence-corrected chi connectivity index (χ2v) is 4.92. The lowest BCUT2D eigenvalue weighted by atomic mass is 10.1. The molecule has 0 saturated heterocycles. The summed E-state index contributed by atoms with van der Waals surface area (Å²) in [6.45, 7) is 4.52. The summed E-state index contributed by atoms with van der Waals surface area (Å²) in [6.07, 6.45) is 0. The number of benzene rings is 1. The lowest BCUT2D eigenvalue weighted by Crippen LogP contribution is -2.38. The molecule has 118 valence electrons. The summed E-state index contributed by atoms with van der Waals surface area (Å²) < 4.78 is 10.3. The summed E-state index contributed by atoms with van der Waals surface area (Å²) in [6, 6.07) is 5.08. The van der Waals surface area contributed by atoms with Gasteiger partial charge in [0.15, 0.2) is 0 Å². The molecule has 7 heteroatoms. The number of nitro benzene ring substituents is 1. The number of nitrogens with two attached hydrogens (primary N) is 1. The number of hydrogen-bond donors (Lipinski definition) is 1. The number of methoxy groups -OCH3 is 2. The van der Waals surface area contributed by atoms with Crippen molar-refractivity contribution in [1.29, 1.82) is 0 Å². The van der Waals surface area contributed by atoms with Crippen molar-refractivity contribution in [2.45, 2.75) is 19.5 Å². The van der Waals surface area contributed by atoms with Crippen LogP contribution in [0.3, 0.4) is 0 Å². The Morgan fingerprint density at radius 2 is 2.10 bits per heavy atom. The summed E-state index contributed by atoms with van der Waals surface area (Å²) in [5, 5.41) is 10.9. The number of nitrogen functional groups attached to an aromatic ring is 1. The van der Waals surface area contributed by atoms with Crippen molar-refractivity contribution >= 4 is 11.4 Å². The predicted molar refractivity (Wildman–Crippen MR) is 81.1 cm³/mol. The number of hydrogen-bond acceptors (Lipinski definition) is 6. The van der Waals surface area contributed by atoms with Crippen LogP contribution in [0.15, 0.2) is 18.2 Å². The molecular formula is C14H23N3O4. The molecule has 0 saturated carbocycles. The van der Waals surface area contributed by atoms with Crippen molar-refractivity contribution in [3.8, 4) is 0 Å². The predicted octanol–water partition coefficient (Wildman–Crippen LogP) is 1.66. The summed E-state index contributed by atoms with van der Waals surface area (Å²) in [5.41, 5.74) is 6.58. The lowest BCUT2D eigenvalue weighted by Gasteiger charge is -2.28. The van der Waals surface area contributed by atoms with Crippen molar-refractivity contribution in [1.82, 2.24) is 4.90 Å². The van der Waals surface area contributed by atoms with E-state index in [1.165, 1.54) is 6.07 Å². The highest BCUT2D eigenvalue weighted by atomic mass is 16.6. The largest absolute Gasteiger partial charge is 0.393 e. The summed E-state index contributed by atoms with van der Waals surface area (Å²) in [5.74, 6) is 0. The molecule has 1 atom stereocenters. The molecular weight excluding hydrogens is 274 g/mol. The molecule has 0 spiro atoms. The normalized spacial score (nSPS) is 12.6. The van der Waals surface area contributed by atoms with Gasteiger partial charge in [-0.25, -0.2) is 0 Å². The van der Waals surface area contributed by atoms with Gasteiger partial charge in [0, 0.05) is 39.4 Å². The number of nitrogens with zero attached hydrogens (tertiary/aromatic N) is 2. The van der Waals surface area contributed by atoms with E-state index in [9.17, 15) is 10.1 Å². The maximum atomic E-state index is 10.9. The average molecular weight is 297 g/mol. The van der Waals surface area contributed by atoms with E-state index in [1.807, 2.05) is 13.0 Å².